The van der Waals surface area contributed by atoms with Crippen molar-refractivity contribution in [3.8, 4) is 0 Å². The number of morpholine rings is 1. The van der Waals surface area contributed by atoms with Crippen molar-refractivity contribution in [2.24, 2.45) is 5.92 Å². The lowest BCUT2D eigenvalue weighted by atomic mass is 9.98. The third-order valence-electron chi connectivity index (χ3n) is 6.63. The number of aryl methyl sites for hydroxylation is 4. The summed E-state index contributed by atoms with van der Waals surface area (Å²) in [4.78, 5) is 14.9. The van der Waals surface area contributed by atoms with E-state index >= 15 is 0 Å². The van der Waals surface area contributed by atoms with Crippen molar-refractivity contribution >= 4 is 28.1 Å². The predicted molar refractivity (Wildman–Crippen MR) is 130 cm³/mol. The van der Waals surface area contributed by atoms with Gasteiger partial charge in [0.2, 0.25) is 15.9 Å². The molecule has 2 aromatic rings. The van der Waals surface area contributed by atoms with Gasteiger partial charge in [-0.25, -0.2) is 8.42 Å². The standard InChI is InChI=1S/C25H33N3O5S/c1-17-14-18(2)22(19(3)15-17)7-8-23-24(20(4)26-33-23)34(30,31)28-9-5-6-21(16-28)25(29)27-10-12-32-13-11-27/h7-8,14-15,21H,5-6,9-13,16H2,1-4H3. The van der Waals surface area contributed by atoms with Gasteiger partial charge >= 0.3 is 0 Å². The molecule has 0 N–H and O–H groups in total. The van der Waals surface area contributed by atoms with Crippen LogP contribution in [0.15, 0.2) is 21.6 Å². The number of amides is 1. The maximum Gasteiger partial charge on any atom is 0.248 e. The lowest BCUT2D eigenvalue weighted by molar-refractivity contribution is -0.140. The quantitative estimate of drug-likeness (QED) is 0.642. The van der Waals surface area contributed by atoms with E-state index in [1.807, 2.05) is 26.8 Å². The zero-order chi connectivity index (χ0) is 24.5. The van der Waals surface area contributed by atoms with Gasteiger partial charge in [-0.15, -0.1) is 0 Å². The van der Waals surface area contributed by atoms with Crippen molar-refractivity contribution in [1.82, 2.24) is 14.4 Å². The van der Waals surface area contributed by atoms with Crippen LogP contribution in [0.5, 0.6) is 0 Å². The molecule has 1 unspecified atom stereocenters. The summed E-state index contributed by atoms with van der Waals surface area (Å²) in [6.07, 6.45) is 4.88. The maximum atomic E-state index is 13.7. The molecule has 0 bridgehead atoms. The van der Waals surface area contributed by atoms with Crippen molar-refractivity contribution in [2.75, 3.05) is 39.4 Å². The molecule has 0 radical (unpaired) electrons. The van der Waals surface area contributed by atoms with E-state index < -0.39 is 10.0 Å². The van der Waals surface area contributed by atoms with Crippen LogP contribution in [0.25, 0.3) is 12.2 Å². The van der Waals surface area contributed by atoms with Gasteiger partial charge < -0.3 is 14.2 Å². The fraction of sp³-hybridized carbons (Fsp3) is 0.520. The van der Waals surface area contributed by atoms with Crippen LogP contribution in [0.4, 0.5) is 0 Å². The minimum atomic E-state index is -3.88. The van der Waals surface area contributed by atoms with Crippen molar-refractivity contribution in [3.05, 3.63) is 45.8 Å². The SMILES string of the molecule is Cc1cc(C)c(C=Cc2onc(C)c2S(=O)(=O)N2CCCC(C(=O)N3CCOCC3)C2)c(C)c1. The van der Waals surface area contributed by atoms with E-state index in [4.69, 9.17) is 9.26 Å². The minimum Gasteiger partial charge on any atom is -0.378 e. The predicted octanol–water partition coefficient (Wildman–Crippen LogP) is 3.34. The van der Waals surface area contributed by atoms with E-state index in [-0.39, 0.29) is 29.0 Å². The normalized spacial score (nSPS) is 20.2. The second-order valence-corrected chi connectivity index (χ2v) is 11.1. The molecule has 34 heavy (non-hydrogen) atoms. The van der Waals surface area contributed by atoms with E-state index in [2.05, 4.69) is 17.3 Å². The number of aromatic nitrogens is 1. The number of hydrogen-bond donors (Lipinski definition) is 0. The highest BCUT2D eigenvalue weighted by molar-refractivity contribution is 7.89. The van der Waals surface area contributed by atoms with Crippen LogP contribution in [-0.4, -0.2) is 68.1 Å². The van der Waals surface area contributed by atoms with Gasteiger partial charge in [0.15, 0.2) is 10.7 Å². The molecule has 2 fully saturated rings. The van der Waals surface area contributed by atoms with Gasteiger partial charge in [0.05, 0.1) is 19.1 Å². The number of carbonyl (C=O) groups excluding carboxylic acids is 1. The van der Waals surface area contributed by atoms with Gasteiger partial charge in [-0.2, -0.15) is 4.31 Å². The van der Waals surface area contributed by atoms with Gasteiger partial charge in [0.25, 0.3) is 0 Å². The molecular formula is C25H33N3O5S. The van der Waals surface area contributed by atoms with E-state index in [0.29, 0.717) is 51.4 Å². The lowest BCUT2D eigenvalue weighted by Gasteiger charge is -2.35. The third-order valence-corrected chi connectivity index (χ3v) is 8.65. The number of ether oxygens (including phenoxy) is 1. The molecule has 2 saturated heterocycles. The fourth-order valence-electron chi connectivity index (χ4n) is 4.95. The summed E-state index contributed by atoms with van der Waals surface area (Å²) in [6.45, 7) is 10.4. The molecule has 1 aromatic heterocycles. The molecule has 9 heteroatoms. The van der Waals surface area contributed by atoms with Crippen molar-refractivity contribution in [1.29, 1.82) is 0 Å². The molecule has 8 nitrogen and oxygen atoms in total. The zero-order valence-corrected chi connectivity index (χ0v) is 21.2. The number of piperidine rings is 1. The highest BCUT2D eigenvalue weighted by Gasteiger charge is 2.38. The Bertz CT molecular complexity index is 1170. The topological polar surface area (TPSA) is 93.0 Å². The minimum absolute atomic E-state index is 0.00989. The number of rotatable bonds is 5. The molecule has 2 aliphatic rings. The molecule has 2 aliphatic heterocycles. The summed E-state index contributed by atoms with van der Waals surface area (Å²) in [6, 6.07) is 4.19. The van der Waals surface area contributed by atoms with E-state index in [1.165, 1.54) is 9.87 Å². The Morgan fingerprint density at radius 1 is 1.06 bits per heavy atom. The molecular weight excluding hydrogens is 454 g/mol. The first kappa shape index (κ1) is 24.6. The van der Waals surface area contributed by atoms with Gasteiger partial charge in [0.1, 0.15) is 5.69 Å². The van der Waals surface area contributed by atoms with Crippen LogP contribution >= 0.6 is 0 Å². The Balaban J connectivity index is 1.58. The Kier molecular flexibility index (Phi) is 7.25. The summed E-state index contributed by atoms with van der Waals surface area (Å²) in [5.41, 5.74) is 4.73. The number of carbonyl (C=O) groups is 1. The second kappa shape index (κ2) is 10.0. The summed E-state index contributed by atoms with van der Waals surface area (Å²) < 4.78 is 39.5. The first-order valence-electron chi connectivity index (χ1n) is 11.8. The highest BCUT2D eigenvalue weighted by atomic mass is 32.2. The summed E-state index contributed by atoms with van der Waals surface area (Å²) in [7, 11) is -3.88. The van der Waals surface area contributed by atoms with Crippen LogP contribution < -0.4 is 0 Å². The van der Waals surface area contributed by atoms with Crippen LogP contribution in [-0.2, 0) is 19.6 Å². The number of nitrogens with zero attached hydrogens (tertiary/aromatic N) is 3. The number of hydrogen-bond acceptors (Lipinski definition) is 6. The maximum absolute atomic E-state index is 13.7. The Hall–Kier alpha value is -2.49. The van der Waals surface area contributed by atoms with E-state index in [1.54, 1.807) is 17.9 Å². The van der Waals surface area contributed by atoms with E-state index in [9.17, 15) is 13.2 Å². The molecule has 1 amide bonds. The van der Waals surface area contributed by atoms with E-state index in [0.717, 1.165) is 16.7 Å². The molecule has 1 atom stereocenters. The summed E-state index contributed by atoms with van der Waals surface area (Å²) in [5.74, 6) is -0.132. The Morgan fingerprint density at radius 3 is 2.41 bits per heavy atom. The molecule has 0 aliphatic carbocycles. The van der Waals surface area contributed by atoms with Gasteiger partial charge in [-0.1, -0.05) is 28.9 Å². The molecule has 184 valence electrons. The first-order valence-corrected chi connectivity index (χ1v) is 13.2. The largest absolute Gasteiger partial charge is 0.378 e. The zero-order valence-electron chi connectivity index (χ0n) is 20.3. The fourth-order valence-corrected chi connectivity index (χ4v) is 6.72. The van der Waals surface area contributed by atoms with Gasteiger partial charge in [0, 0.05) is 26.2 Å². The summed E-state index contributed by atoms with van der Waals surface area (Å²) in [5, 5.41) is 3.96. The molecule has 0 spiro atoms. The monoisotopic (exact) mass is 487 g/mol. The number of benzene rings is 1. The van der Waals surface area contributed by atoms with Crippen molar-refractivity contribution in [2.45, 2.75) is 45.4 Å². The van der Waals surface area contributed by atoms with Crippen molar-refractivity contribution in [3.63, 3.8) is 0 Å². The van der Waals surface area contributed by atoms with Crippen LogP contribution in [0.2, 0.25) is 0 Å². The first-order chi connectivity index (χ1) is 16.2. The average Bonchev–Trinajstić information content (AvgIpc) is 3.19. The molecule has 4 rings (SSSR count). The number of sulfonamides is 1. The summed E-state index contributed by atoms with van der Waals surface area (Å²) >= 11 is 0. The van der Waals surface area contributed by atoms with Crippen LogP contribution in [0.3, 0.4) is 0 Å². The Labute approximate surface area is 201 Å². The smallest absolute Gasteiger partial charge is 0.248 e. The van der Waals surface area contributed by atoms with Gasteiger partial charge in [-0.3, -0.25) is 4.79 Å². The molecule has 3 heterocycles. The molecule has 0 saturated carbocycles. The van der Waals surface area contributed by atoms with Crippen LogP contribution in [0.1, 0.15) is 46.5 Å². The van der Waals surface area contributed by atoms with Crippen LogP contribution in [0, 0.1) is 33.6 Å². The van der Waals surface area contributed by atoms with Gasteiger partial charge in [-0.05, 0) is 63.3 Å². The van der Waals surface area contributed by atoms with Crippen molar-refractivity contribution < 1.29 is 22.5 Å². The Morgan fingerprint density at radius 2 is 1.74 bits per heavy atom. The second-order valence-electron chi connectivity index (χ2n) is 9.25. The lowest BCUT2D eigenvalue weighted by Crippen LogP contribution is -2.49. The molecule has 1 aromatic carbocycles. The third kappa shape index (κ3) is 4.96. The average molecular weight is 488 g/mol. The highest BCUT2D eigenvalue weighted by Crippen LogP contribution is 2.30.